The minimum absolute atomic E-state index is 0.139. The van der Waals surface area contributed by atoms with E-state index in [2.05, 4.69) is 0 Å². The summed E-state index contributed by atoms with van der Waals surface area (Å²) in [4.78, 5) is 0. The van der Waals surface area contributed by atoms with Crippen molar-refractivity contribution in [1.29, 1.82) is 0 Å². The van der Waals surface area contributed by atoms with Gasteiger partial charge in [-0.25, -0.2) is 4.39 Å². The Kier molecular flexibility index (Phi) is 6.44. The molecule has 17 heavy (non-hydrogen) atoms. The molecule has 1 atom stereocenters. The van der Waals surface area contributed by atoms with Crippen LogP contribution in [0.25, 0.3) is 0 Å². The average molecular weight is 262 g/mol. The molecule has 1 aromatic carbocycles. The smallest absolute Gasteiger partial charge is 0.142 e. The van der Waals surface area contributed by atoms with Crippen LogP contribution in [0.4, 0.5) is 4.39 Å². The maximum atomic E-state index is 13.2. The van der Waals surface area contributed by atoms with E-state index in [1.54, 1.807) is 19.2 Å². The summed E-state index contributed by atoms with van der Waals surface area (Å²) in [5.74, 6) is -0.420. The molecule has 0 aliphatic heterocycles. The van der Waals surface area contributed by atoms with Crippen LogP contribution in [0.15, 0.2) is 18.2 Å². The van der Waals surface area contributed by atoms with E-state index in [9.17, 15) is 4.39 Å². The van der Waals surface area contributed by atoms with Crippen molar-refractivity contribution < 1.29 is 13.9 Å². The van der Waals surface area contributed by atoms with Crippen LogP contribution in [0.1, 0.15) is 5.56 Å². The van der Waals surface area contributed by atoms with Gasteiger partial charge >= 0.3 is 0 Å². The van der Waals surface area contributed by atoms with E-state index in [0.717, 1.165) is 0 Å². The van der Waals surface area contributed by atoms with Crippen LogP contribution in [0.5, 0.6) is 0 Å². The molecule has 0 aromatic heterocycles. The van der Waals surface area contributed by atoms with Gasteiger partial charge in [0.2, 0.25) is 0 Å². The highest BCUT2D eigenvalue weighted by atomic mass is 35.5. The van der Waals surface area contributed by atoms with Crippen LogP contribution < -0.4 is 5.73 Å². The number of hydrogen-bond acceptors (Lipinski definition) is 3. The van der Waals surface area contributed by atoms with Gasteiger partial charge in [0, 0.05) is 13.2 Å². The van der Waals surface area contributed by atoms with Gasteiger partial charge in [0.05, 0.1) is 24.8 Å². The predicted molar refractivity (Wildman–Crippen MR) is 65.8 cm³/mol. The fourth-order valence-electron chi connectivity index (χ4n) is 1.42. The van der Waals surface area contributed by atoms with Gasteiger partial charge < -0.3 is 15.2 Å². The molecule has 0 heterocycles. The lowest BCUT2D eigenvalue weighted by molar-refractivity contribution is 0.0637. The largest absolute Gasteiger partial charge is 0.382 e. The molecule has 0 saturated heterocycles. The van der Waals surface area contributed by atoms with Gasteiger partial charge in [-0.2, -0.15) is 0 Å². The minimum Gasteiger partial charge on any atom is -0.382 e. The number of halogens is 2. The quantitative estimate of drug-likeness (QED) is 0.764. The number of rotatable bonds is 7. The number of methoxy groups -OCH3 is 1. The fraction of sp³-hybridized carbons (Fsp3) is 0.500. The molecule has 0 bridgehead atoms. The molecule has 0 radical (unpaired) electrons. The first-order valence-corrected chi connectivity index (χ1v) is 5.78. The SMILES string of the molecule is COCCOCC(N)Cc1cccc(F)c1Cl. The van der Waals surface area contributed by atoms with E-state index in [4.69, 9.17) is 26.8 Å². The number of nitrogens with two attached hydrogens (primary N) is 1. The third-order valence-electron chi connectivity index (χ3n) is 2.28. The third-order valence-corrected chi connectivity index (χ3v) is 2.70. The van der Waals surface area contributed by atoms with Gasteiger partial charge in [-0.3, -0.25) is 0 Å². The molecule has 96 valence electrons. The highest BCUT2D eigenvalue weighted by Crippen LogP contribution is 2.20. The van der Waals surface area contributed by atoms with Crippen molar-refractivity contribution in [2.75, 3.05) is 26.9 Å². The Morgan fingerprint density at radius 3 is 2.88 bits per heavy atom. The van der Waals surface area contributed by atoms with E-state index in [1.165, 1.54) is 6.07 Å². The maximum Gasteiger partial charge on any atom is 0.142 e. The van der Waals surface area contributed by atoms with Gasteiger partial charge in [0.25, 0.3) is 0 Å². The summed E-state index contributed by atoms with van der Waals surface area (Å²) in [7, 11) is 1.61. The zero-order chi connectivity index (χ0) is 12.7. The van der Waals surface area contributed by atoms with Gasteiger partial charge in [-0.1, -0.05) is 23.7 Å². The van der Waals surface area contributed by atoms with E-state index in [1.807, 2.05) is 0 Å². The van der Waals surface area contributed by atoms with Crippen molar-refractivity contribution in [3.63, 3.8) is 0 Å². The van der Waals surface area contributed by atoms with Crippen LogP contribution in [0, 0.1) is 5.82 Å². The van der Waals surface area contributed by atoms with E-state index < -0.39 is 5.82 Å². The van der Waals surface area contributed by atoms with Gasteiger partial charge in [0.1, 0.15) is 5.82 Å². The Labute approximate surface area is 106 Å². The Morgan fingerprint density at radius 2 is 2.18 bits per heavy atom. The summed E-state index contributed by atoms with van der Waals surface area (Å²) >= 11 is 5.83. The fourth-order valence-corrected chi connectivity index (χ4v) is 1.63. The van der Waals surface area contributed by atoms with E-state index in [0.29, 0.717) is 31.8 Å². The van der Waals surface area contributed by atoms with Crippen molar-refractivity contribution in [1.82, 2.24) is 0 Å². The molecule has 0 fully saturated rings. The van der Waals surface area contributed by atoms with E-state index in [-0.39, 0.29) is 11.1 Å². The Hall–Kier alpha value is -0.680. The molecule has 1 unspecified atom stereocenters. The lowest BCUT2D eigenvalue weighted by Crippen LogP contribution is -2.29. The molecule has 1 rings (SSSR count). The Balaban J connectivity index is 2.39. The summed E-state index contributed by atoms with van der Waals surface area (Å²) in [6.45, 7) is 1.44. The lowest BCUT2D eigenvalue weighted by atomic mass is 10.1. The Bertz CT molecular complexity index is 349. The van der Waals surface area contributed by atoms with Crippen molar-refractivity contribution >= 4 is 11.6 Å². The lowest BCUT2D eigenvalue weighted by Gasteiger charge is -2.13. The van der Waals surface area contributed by atoms with Crippen LogP contribution in [0.2, 0.25) is 5.02 Å². The van der Waals surface area contributed by atoms with Gasteiger partial charge in [0.15, 0.2) is 0 Å². The number of hydrogen-bond donors (Lipinski definition) is 1. The standard InChI is InChI=1S/C12H17ClFNO2/c1-16-5-6-17-8-10(15)7-9-3-2-4-11(14)12(9)13/h2-4,10H,5-8,15H2,1H3. The topological polar surface area (TPSA) is 44.5 Å². The highest BCUT2D eigenvalue weighted by Gasteiger charge is 2.10. The zero-order valence-electron chi connectivity index (χ0n) is 9.79. The zero-order valence-corrected chi connectivity index (χ0v) is 10.5. The van der Waals surface area contributed by atoms with Crippen molar-refractivity contribution in [3.8, 4) is 0 Å². The molecule has 0 spiro atoms. The second-order valence-corrected chi connectivity index (χ2v) is 4.12. The molecule has 5 heteroatoms. The molecule has 0 aliphatic carbocycles. The van der Waals surface area contributed by atoms with Crippen LogP contribution in [0.3, 0.4) is 0 Å². The van der Waals surface area contributed by atoms with Gasteiger partial charge in [-0.15, -0.1) is 0 Å². The summed E-state index contributed by atoms with van der Waals surface area (Å²) in [6, 6.07) is 4.51. The van der Waals surface area contributed by atoms with Gasteiger partial charge in [-0.05, 0) is 18.1 Å². The molecule has 0 aliphatic rings. The predicted octanol–water partition coefficient (Wildman–Crippen LogP) is 2.01. The summed E-state index contributed by atoms with van der Waals surface area (Å²) in [5.41, 5.74) is 6.56. The number of benzene rings is 1. The molecule has 0 saturated carbocycles. The molecular formula is C12H17ClFNO2. The van der Waals surface area contributed by atoms with E-state index >= 15 is 0 Å². The average Bonchev–Trinajstić information content (AvgIpc) is 2.31. The van der Waals surface area contributed by atoms with Crippen molar-refractivity contribution in [2.24, 2.45) is 5.73 Å². The van der Waals surface area contributed by atoms with Crippen molar-refractivity contribution in [3.05, 3.63) is 34.6 Å². The monoisotopic (exact) mass is 261 g/mol. The summed E-state index contributed by atoms with van der Waals surface area (Å²) in [6.07, 6.45) is 0.490. The molecular weight excluding hydrogens is 245 g/mol. The number of ether oxygens (including phenoxy) is 2. The third kappa shape index (κ3) is 5.00. The Morgan fingerprint density at radius 1 is 1.41 bits per heavy atom. The first-order chi connectivity index (χ1) is 8.15. The second-order valence-electron chi connectivity index (χ2n) is 3.74. The second kappa shape index (κ2) is 7.61. The minimum atomic E-state index is -0.420. The molecule has 3 nitrogen and oxygen atoms in total. The van der Waals surface area contributed by atoms with Crippen LogP contribution >= 0.6 is 11.6 Å². The highest BCUT2D eigenvalue weighted by molar-refractivity contribution is 6.31. The molecule has 0 amide bonds. The van der Waals surface area contributed by atoms with Crippen molar-refractivity contribution in [2.45, 2.75) is 12.5 Å². The first kappa shape index (κ1) is 14.4. The first-order valence-electron chi connectivity index (χ1n) is 5.40. The maximum absolute atomic E-state index is 13.2. The van der Waals surface area contributed by atoms with Crippen LogP contribution in [-0.4, -0.2) is 33.0 Å². The normalized spacial score (nSPS) is 12.7. The van der Waals surface area contributed by atoms with Crippen LogP contribution in [-0.2, 0) is 15.9 Å². The summed E-state index contributed by atoms with van der Waals surface area (Å²) in [5, 5.41) is 0.139. The summed E-state index contributed by atoms with van der Waals surface area (Å²) < 4.78 is 23.3. The molecule has 1 aromatic rings. The molecule has 2 N–H and O–H groups in total.